The second-order valence-corrected chi connectivity index (χ2v) is 6.72. The summed E-state index contributed by atoms with van der Waals surface area (Å²) in [4.78, 5) is 11.1. The summed E-state index contributed by atoms with van der Waals surface area (Å²) >= 11 is 12.6. The molecular formula is C21H23Cl2FO3. The second kappa shape index (κ2) is 10.3. The highest BCUT2D eigenvalue weighted by Gasteiger charge is 2.12. The Morgan fingerprint density at radius 1 is 1.30 bits per heavy atom. The smallest absolute Gasteiger partial charge is 0.331 e. The summed E-state index contributed by atoms with van der Waals surface area (Å²) < 4.78 is 19.4. The fourth-order valence-electron chi connectivity index (χ4n) is 2.40. The number of carboxylic acids is 1. The molecule has 1 aromatic rings. The first kappa shape index (κ1) is 23.0. The molecule has 0 atom stereocenters. The lowest BCUT2D eigenvalue weighted by molar-refractivity contribution is -0.132. The van der Waals surface area contributed by atoms with Gasteiger partial charge in [0.1, 0.15) is 11.6 Å². The molecule has 1 aromatic carbocycles. The van der Waals surface area contributed by atoms with Gasteiger partial charge >= 0.3 is 5.97 Å². The van der Waals surface area contributed by atoms with E-state index in [1.807, 2.05) is 6.92 Å². The SMILES string of the molecule is CCC(C(=O)O)=C(C)C(F)=CC=C(C)C=Cc1c(Cl)cc(OC)c(C)c1Cl. The van der Waals surface area contributed by atoms with Crippen molar-refractivity contribution in [3.05, 3.63) is 68.0 Å². The van der Waals surface area contributed by atoms with E-state index in [1.165, 1.54) is 13.0 Å². The Labute approximate surface area is 169 Å². The lowest BCUT2D eigenvalue weighted by atomic mass is 10.1. The van der Waals surface area contributed by atoms with Crippen LogP contribution in [0.5, 0.6) is 5.75 Å². The third kappa shape index (κ3) is 5.98. The minimum Gasteiger partial charge on any atom is -0.496 e. The Kier molecular flexibility index (Phi) is 8.80. The molecule has 0 aliphatic carbocycles. The number of rotatable bonds is 7. The Bertz CT molecular complexity index is 849. The first-order chi connectivity index (χ1) is 12.6. The molecule has 0 radical (unpaired) electrons. The van der Waals surface area contributed by atoms with E-state index in [2.05, 4.69) is 0 Å². The van der Waals surface area contributed by atoms with Crippen LogP contribution in [0.3, 0.4) is 0 Å². The van der Waals surface area contributed by atoms with Gasteiger partial charge in [0, 0.05) is 16.7 Å². The average molecular weight is 413 g/mol. The standard InChI is InChI=1S/C21H23Cl2FO3/c1-6-15(21(25)26)13(3)18(24)10-8-12(2)7-9-16-17(22)11-19(27-5)14(4)20(16)23/h7-11H,6H2,1-5H3,(H,25,26). The lowest BCUT2D eigenvalue weighted by Gasteiger charge is -2.10. The summed E-state index contributed by atoms with van der Waals surface area (Å²) in [7, 11) is 1.54. The number of hydrogen-bond acceptors (Lipinski definition) is 2. The van der Waals surface area contributed by atoms with Crippen LogP contribution in [0.25, 0.3) is 6.08 Å². The largest absolute Gasteiger partial charge is 0.496 e. The molecule has 146 valence electrons. The normalized spacial score (nSPS) is 13.8. The summed E-state index contributed by atoms with van der Waals surface area (Å²) in [5.41, 5.74) is 2.33. The average Bonchev–Trinajstić information content (AvgIpc) is 2.62. The van der Waals surface area contributed by atoms with Crippen LogP contribution in [0.2, 0.25) is 10.0 Å². The Hall–Kier alpha value is -2.04. The highest BCUT2D eigenvalue weighted by molar-refractivity contribution is 6.38. The molecule has 0 unspecified atom stereocenters. The van der Waals surface area contributed by atoms with Gasteiger partial charge in [-0.1, -0.05) is 53.9 Å². The number of aliphatic carboxylic acids is 1. The molecule has 0 bridgehead atoms. The van der Waals surface area contributed by atoms with E-state index in [9.17, 15) is 9.18 Å². The summed E-state index contributed by atoms with van der Waals surface area (Å²) in [6, 6.07) is 1.69. The first-order valence-electron chi connectivity index (χ1n) is 8.32. The number of hydrogen-bond donors (Lipinski definition) is 1. The van der Waals surface area contributed by atoms with E-state index < -0.39 is 11.8 Å². The van der Waals surface area contributed by atoms with Crippen molar-refractivity contribution in [3.63, 3.8) is 0 Å². The minimum absolute atomic E-state index is 0.0533. The molecule has 0 heterocycles. The van der Waals surface area contributed by atoms with Crippen molar-refractivity contribution >= 4 is 35.2 Å². The number of benzene rings is 1. The van der Waals surface area contributed by atoms with Crippen molar-refractivity contribution in [1.82, 2.24) is 0 Å². The minimum atomic E-state index is -1.11. The fourth-order valence-corrected chi connectivity index (χ4v) is 2.96. The fraction of sp³-hybridized carbons (Fsp3) is 0.286. The number of allylic oxidation sites excluding steroid dienone is 6. The van der Waals surface area contributed by atoms with Crippen molar-refractivity contribution in [3.8, 4) is 5.75 Å². The van der Waals surface area contributed by atoms with Gasteiger partial charge in [0.05, 0.1) is 17.2 Å². The molecule has 1 rings (SSSR count). The monoisotopic (exact) mass is 412 g/mol. The zero-order chi connectivity index (χ0) is 20.7. The Morgan fingerprint density at radius 2 is 1.93 bits per heavy atom. The van der Waals surface area contributed by atoms with Crippen LogP contribution in [0, 0.1) is 6.92 Å². The Balaban J connectivity index is 3.14. The van der Waals surface area contributed by atoms with Gasteiger partial charge in [-0.05, 0) is 44.9 Å². The number of ether oxygens (including phenoxy) is 1. The number of carboxylic acid groups (broad SMARTS) is 1. The van der Waals surface area contributed by atoms with Crippen LogP contribution >= 0.6 is 23.2 Å². The summed E-state index contributed by atoms with van der Waals surface area (Å²) in [5.74, 6) is -1.09. The van der Waals surface area contributed by atoms with Crippen LogP contribution in [-0.2, 0) is 4.79 Å². The summed E-state index contributed by atoms with van der Waals surface area (Å²) in [5, 5.41) is 10.0. The van der Waals surface area contributed by atoms with E-state index in [-0.39, 0.29) is 17.6 Å². The zero-order valence-corrected chi connectivity index (χ0v) is 17.5. The van der Waals surface area contributed by atoms with E-state index in [1.54, 1.807) is 45.3 Å². The van der Waals surface area contributed by atoms with E-state index in [4.69, 9.17) is 33.0 Å². The zero-order valence-electron chi connectivity index (χ0n) is 16.0. The number of methoxy groups -OCH3 is 1. The number of carbonyl (C=O) groups is 1. The van der Waals surface area contributed by atoms with Gasteiger partial charge in [-0.2, -0.15) is 0 Å². The van der Waals surface area contributed by atoms with Gasteiger partial charge < -0.3 is 9.84 Å². The molecule has 0 saturated carbocycles. The molecule has 0 fully saturated rings. The predicted octanol–water partition coefficient (Wildman–Crippen LogP) is 6.93. The summed E-state index contributed by atoms with van der Waals surface area (Å²) in [6.45, 7) is 6.75. The third-order valence-corrected chi connectivity index (χ3v) is 4.90. The van der Waals surface area contributed by atoms with E-state index in [0.717, 1.165) is 11.1 Å². The highest BCUT2D eigenvalue weighted by Crippen LogP contribution is 2.35. The van der Waals surface area contributed by atoms with Crippen molar-refractivity contribution in [2.24, 2.45) is 0 Å². The molecule has 0 spiro atoms. The maximum absolute atomic E-state index is 14.2. The van der Waals surface area contributed by atoms with Gasteiger partial charge in [-0.25, -0.2) is 9.18 Å². The van der Waals surface area contributed by atoms with Crippen LogP contribution < -0.4 is 4.74 Å². The van der Waals surface area contributed by atoms with Crippen LogP contribution in [-0.4, -0.2) is 18.2 Å². The maximum Gasteiger partial charge on any atom is 0.331 e. The van der Waals surface area contributed by atoms with Crippen molar-refractivity contribution in [2.45, 2.75) is 34.1 Å². The van der Waals surface area contributed by atoms with Gasteiger partial charge in [0.2, 0.25) is 0 Å². The van der Waals surface area contributed by atoms with Crippen LogP contribution in [0.4, 0.5) is 4.39 Å². The molecule has 3 nitrogen and oxygen atoms in total. The quantitative estimate of drug-likeness (QED) is 0.389. The number of halogens is 3. The molecule has 0 saturated heterocycles. The predicted molar refractivity (Wildman–Crippen MR) is 110 cm³/mol. The summed E-state index contributed by atoms with van der Waals surface area (Å²) in [6.07, 6.45) is 6.55. The van der Waals surface area contributed by atoms with Gasteiger partial charge in [-0.3, -0.25) is 0 Å². The van der Waals surface area contributed by atoms with Crippen LogP contribution in [0.1, 0.15) is 38.3 Å². The first-order valence-corrected chi connectivity index (χ1v) is 9.07. The van der Waals surface area contributed by atoms with Crippen molar-refractivity contribution < 1.29 is 19.0 Å². The molecular weight excluding hydrogens is 390 g/mol. The Morgan fingerprint density at radius 3 is 2.44 bits per heavy atom. The molecule has 0 aliphatic heterocycles. The van der Waals surface area contributed by atoms with Crippen molar-refractivity contribution in [1.29, 1.82) is 0 Å². The molecule has 1 N–H and O–H groups in total. The van der Waals surface area contributed by atoms with Gasteiger partial charge in [0.15, 0.2) is 0 Å². The third-order valence-electron chi connectivity index (χ3n) is 4.10. The highest BCUT2D eigenvalue weighted by atomic mass is 35.5. The molecule has 0 aromatic heterocycles. The maximum atomic E-state index is 14.2. The topological polar surface area (TPSA) is 46.5 Å². The van der Waals surface area contributed by atoms with Crippen molar-refractivity contribution in [2.75, 3.05) is 7.11 Å². The second-order valence-electron chi connectivity index (χ2n) is 5.93. The molecule has 6 heteroatoms. The van der Waals surface area contributed by atoms with Gasteiger partial charge in [-0.15, -0.1) is 0 Å². The molecule has 0 aliphatic rings. The van der Waals surface area contributed by atoms with Gasteiger partial charge in [0.25, 0.3) is 0 Å². The van der Waals surface area contributed by atoms with Crippen LogP contribution in [0.15, 0.2) is 46.8 Å². The lowest BCUT2D eigenvalue weighted by Crippen LogP contribution is -2.02. The van der Waals surface area contributed by atoms with E-state index >= 15 is 0 Å². The molecule has 27 heavy (non-hydrogen) atoms. The van der Waals surface area contributed by atoms with E-state index in [0.29, 0.717) is 21.4 Å². The molecule has 0 amide bonds.